The number of carbonyl (C=O) groups excluding carboxylic acids is 2. The number of benzene rings is 2. The highest BCUT2D eigenvalue weighted by Crippen LogP contribution is 2.39. The number of rotatable bonds is 2. The van der Waals surface area contributed by atoms with Crippen LogP contribution in [0.25, 0.3) is 0 Å². The Morgan fingerprint density at radius 1 is 0.920 bits per heavy atom. The van der Waals surface area contributed by atoms with E-state index in [0.29, 0.717) is 17.8 Å². The van der Waals surface area contributed by atoms with Gasteiger partial charge in [-0.3, -0.25) is 9.59 Å². The fourth-order valence-electron chi connectivity index (χ4n) is 3.26. The van der Waals surface area contributed by atoms with E-state index in [4.69, 9.17) is 4.84 Å². The van der Waals surface area contributed by atoms with Crippen molar-refractivity contribution in [2.24, 2.45) is 5.16 Å². The fourth-order valence-corrected chi connectivity index (χ4v) is 3.26. The molecule has 2 aliphatic heterocycles. The highest BCUT2D eigenvalue weighted by Gasteiger charge is 2.57. The van der Waals surface area contributed by atoms with E-state index in [1.54, 1.807) is 12.1 Å². The summed E-state index contributed by atoms with van der Waals surface area (Å²) in [6, 6.07) is 15.2. The van der Waals surface area contributed by atoms with Crippen LogP contribution in [0.15, 0.2) is 53.7 Å². The van der Waals surface area contributed by atoms with Crippen molar-refractivity contribution in [3.63, 3.8) is 0 Å². The first kappa shape index (κ1) is 15.6. The van der Waals surface area contributed by atoms with E-state index in [0.717, 1.165) is 16.7 Å². The maximum absolute atomic E-state index is 13.0. The van der Waals surface area contributed by atoms with Gasteiger partial charge in [-0.25, -0.2) is 4.90 Å². The largest absolute Gasteiger partial charge is 0.378 e. The van der Waals surface area contributed by atoms with Crippen LogP contribution < -0.4 is 4.90 Å². The van der Waals surface area contributed by atoms with Gasteiger partial charge in [-0.15, -0.1) is 0 Å². The van der Waals surface area contributed by atoms with Gasteiger partial charge in [-0.05, 0) is 31.5 Å². The van der Waals surface area contributed by atoms with Gasteiger partial charge in [0.2, 0.25) is 11.5 Å². The Morgan fingerprint density at radius 2 is 1.52 bits per heavy atom. The van der Waals surface area contributed by atoms with Crippen molar-refractivity contribution in [2.75, 3.05) is 4.90 Å². The number of aryl methyl sites for hydroxylation is 2. The molecule has 2 aromatic carbocycles. The Hall–Kier alpha value is -2.95. The van der Waals surface area contributed by atoms with Crippen molar-refractivity contribution in [1.29, 1.82) is 0 Å². The third kappa shape index (κ3) is 2.52. The predicted octanol–water partition coefficient (Wildman–Crippen LogP) is 3.13. The average molecular weight is 334 g/mol. The number of hydrogen-bond acceptors (Lipinski definition) is 4. The summed E-state index contributed by atoms with van der Waals surface area (Å²) in [5.74, 6) is -0.596. The summed E-state index contributed by atoms with van der Waals surface area (Å²) < 4.78 is 0. The number of nitrogens with zero attached hydrogens (tertiary/aromatic N) is 2. The van der Waals surface area contributed by atoms with E-state index in [2.05, 4.69) is 5.16 Å². The zero-order valence-corrected chi connectivity index (χ0v) is 14.2. The van der Waals surface area contributed by atoms with Crippen molar-refractivity contribution >= 4 is 23.2 Å². The van der Waals surface area contributed by atoms with Crippen LogP contribution in [0.5, 0.6) is 0 Å². The van der Waals surface area contributed by atoms with Gasteiger partial charge >= 0.3 is 0 Å². The molecule has 2 aliphatic rings. The second kappa shape index (κ2) is 5.55. The molecule has 5 nitrogen and oxygen atoms in total. The predicted molar refractivity (Wildman–Crippen MR) is 94.4 cm³/mol. The van der Waals surface area contributed by atoms with Crippen molar-refractivity contribution < 1.29 is 14.4 Å². The standard InChI is InChI=1S/C20H18N2O3/c1-13-3-7-15(8-4-13)17-11-20(25-21-17)12-18(23)22(19(20)24)16-9-5-14(2)6-10-16/h3-10H,11-12H2,1-2H3/t20-/m1/s1. The summed E-state index contributed by atoms with van der Waals surface area (Å²) >= 11 is 0. The van der Waals surface area contributed by atoms with Crippen LogP contribution in [0.3, 0.4) is 0 Å². The number of hydrogen-bond donors (Lipinski definition) is 0. The highest BCUT2D eigenvalue weighted by molar-refractivity contribution is 6.25. The molecule has 25 heavy (non-hydrogen) atoms. The molecule has 1 atom stereocenters. The molecule has 0 bridgehead atoms. The van der Waals surface area contributed by atoms with E-state index in [9.17, 15) is 9.59 Å². The Kier molecular flexibility index (Phi) is 3.46. The summed E-state index contributed by atoms with van der Waals surface area (Å²) in [6.07, 6.45) is 0.321. The molecule has 126 valence electrons. The molecule has 1 fully saturated rings. The van der Waals surface area contributed by atoms with Crippen LogP contribution in [0.2, 0.25) is 0 Å². The normalized spacial score (nSPS) is 22.5. The first-order chi connectivity index (χ1) is 12.0. The molecule has 2 heterocycles. The Bertz CT molecular complexity index is 884. The van der Waals surface area contributed by atoms with Crippen molar-refractivity contribution in [1.82, 2.24) is 0 Å². The van der Waals surface area contributed by atoms with Gasteiger partial charge in [0.1, 0.15) is 0 Å². The Balaban J connectivity index is 1.60. The molecule has 0 radical (unpaired) electrons. The molecule has 2 amide bonds. The monoisotopic (exact) mass is 334 g/mol. The topological polar surface area (TPSA) is 59.0 Å². The molecular formula is C20H18N2O3. The van der Waals surface area contributed by atoms with E-state index >= 15 is 0 Å². The number of anilines is 1. The lowest BCUT2D eigenvalue weighted by atomic mass is 9.92. The minimum atomic E-state index is -1.21. The van der Waals surface area contributed by atoms with E-state index in [1.165, 1.54) is 4.90 Å². The average Bonchev–Trinajstić information content (AvgIpc) is 3.12. The number of imide groups is 1. The Morgan fingerprint density at radius 3 is 2.16 bits per heavy atom. The van der Waals surface area contributed by atoms with Gasteiger partial charge in [-0.1, -0.05) is 52.7 Å². The molecule has 0 N–H and O–H groups in total. The molecule has 4 rings (SSSR count). The lowest BCUT2D eigenvalue weighted by Gasteiger charge is -2.19. The highest BCUT2D eigenvalue weighted by atomic mass is 16.7. The van der Waals surface area contributed by atoms with Crippen LogP contribution in [-0.4, -0.2) is 23.1 Å². The van der Waals surface area contributed by atoms with Crippen LogP contribution in [0.1, 0.15) is 29.5 Å². The fraction of sp³-hybridized carbons (Fsp3) is 0.250. The molecule has 2 aromatic rings. The molecule has 0 aromatic heterocycles. The van der Waals surface area contributed by atoms with Crippen molar-refractivity contribution in [3.8, 4) is 0 Å². The van der Waals surface area contributed by atoms with Crippen molar-refractivity contribution in [3.05, 3.63) is 65.2 Å². The molecule has 5 heteroatoms. The van der Waals surface area contributed by atoms with Gasteiger partial charge in [0.25, 0.3) is 5.91 Å². The third-order valence-corrected chi connectivity index (χ3v) is 4.74. The summed E-state index contributed by atoms with van der Waals surface area (Å²) in [5, 5.41) is 4.11. The lowest BCUT2D eigenvalue weighted by molar-refractivity contribution is -0.136. The molecule has 0 saturated carbocycles. The van der Waals surface area contributed by atoms with Gasteiger partial charge < -0.3 is 4.84 Å². The summed E-state index contributed by atoms with van der Waals surface area (Å²) in [6.45, 7) is 3.97. The van der Waals surface area contributed by atoms with Gasteiger partial charge in [0.05, 0.1) is 17.8 Å². The first-order valence-electron chi connectivity index (χ1n) is 8.25. The third-order valence-electron chi connectivity index (χ3n) is 4.74. The molecule has 0 unspecified atom stereocenters. The first-order valence-corrected chi connectivity index (χ1v) is 8.25. The summed E-state index contributed by atoms with van der Waals surface area (Å²) in [5.41, 5.74) is 3.20. The summed E-state index contributed by atoms with van der Waals surface area (Å²) in [4.78, 5) is 32.2. The second-order valence-corrected chi connectivity index (χ2v) is 6.71. The quantitative estimate of drug-likeness (QED) is 0.793. The van der Waals surface area contributed by atoms with Crippen LogP contribution in [-0.2, 0) is 14.4 Å². The van der Waals surface area contributed by atoms with Gasteiger partial charge in [-0.2, -0.15) is 0 Å². The molecular weight excluding hydrogens is 316 g/mol. The number of amides is 2. The second-order valence-electron chi connectivity index (χ2n) is 6.71. The zero-order chi connectivity index (χ0) is 17.6. The van der Waals surface area contributed by atoms with Crippen molar-refractivity contribution in [2.45, 2.75) is 32.3 Å². The SMILES string of the molecule is Cc1ccc(C2=NO[C@@]3(CC(=O)N(c4ccc(C)cc4)C3=O)C2)cc1. The number of oxime groups is 1. The van der Waals surface area contributed by atoms with Crippen LogP contribution >= 0.6 is 0 Å². The van der Waals surface area contributed by atoms with Crippen LogP contribution in [0.4, 0.5) is 5.69 Å². The Labute approximate surface area is 145 Å². The molecule has 1 spiro atoms. The minimum absolute atomic E-state index is 0.0125. The minimum Gasteiger partial charge on any atom is -0.378 e. The smallest absolute Gasteiger partial charge is 0.281 e. The van der Waals surface area contributed by atoms with E-state index in [-0.39, 0.29) is 18.2 Å². The van der Waals surface area contributed by atoms with Gasteiger partial charge in [0, 0.05) is 6.42 Å². The molecule has 0 aliphatic carbocycles. The van der Waals surface area contributed by atoms with E-state index < -0.39 is 5.60 Å². The maximum Gasteiger partial charge on any atom is 0.281 e. The number of carbonyl (C=O) groups is 2. The summed E-state index contributed by atoms with van der Waals surface area (Å²) in [7, 11) is 0. The lowest BCUT2D eigenvalue weighted by Crippen LogP contribution is -2.40. The van der Waals surface area contributed by atoms with Gasteiger partial charge in [0.15, 0.2) is 0 Å². The zero-order valence-electron chi connectivity index (χ0n) is 14.2. The molecule has 1 saturated heterocycles. The van der Waals surface area contributed by atoms with E-state index in [1.807, 2.05) is 50.2 Å². The van der Waals surface area contributed by atoms with Crippen LogP contribution in [0, 0.1) is 13.8 Å². The maximum atomic E-state index is 13.0.